The van der Waals surface area contributed by atoms with Crippen LogP contribution in [0.25, 0.3) is 11.3 Å². The van der Waals surface area contributed by atoms with Gasteiger partial charge in [-0.15, -0.1) is 0 Å². The van der Waals surface area contributed by atoms with Crippen molar-refractivity contribution in [3.8, 4) is 22.8 Å². The number of methoxy groups -OCH3 is 2. The highest BCUT2D eigenvalue weighted by molar-refractivity contribution is 5.97. The van der Waals surface area contributed by atoms with E-state index < -0.39 is 0 Å². The minimum atomic E-state index is -0.108. The van der Waals surface area contributed by atoms with Crippen LogP contribution in [0.15, 0.2) is 48.5 Å². The van der Waals surface area contributed by atoms with E-state index in [4.69, 9.17) is 9.47 Å². The number of aromatic amines is 1. The number of carbonyl (C=O) groups is 1. The lowest BCUT2D eigenvalue weighted by Crippen LogP contribution is -2.15. The molecule has 1 aromatic heterocycles. The Kier molecular flexibility index (Phi) is 5.22. The van der Waals surface area contributed by atoms with Gasteiger partial charge in [-0.3, -0.25) is 9.89 Å². The summed E-state index contributed by atoms with van der Waals surface area (Å²) in [5.74, 6) is 1.22. The number of H-pyrrole nitrogens is 1. The zero-order valence-corrected chi connectivity index (χ0v) is 15.0. The van der Waals surface area contributed by atoms with E-state index in [-0.39, 0.29) is 5.91 Å². The third-order valence-corrected chi connectivity index (χ3v) is 4.08. The molecule has 0 spiro atoms. The van der Waals surface area contributed by atoms with E-state index in [1.807, 2.05) is 55.5 Å². The van der Waals surface area contributed by atoms with Crippen molar-refractivity contribution >= 4 is 11.6 Å². The van der Waals surface area contributed by atoms with Crippen LogP contribution in [0.3, 0.4) is 0 Å². The molecule has 0 saturated heterocycles. The van der Waals surface area contributed by atoms with Gasteiger partial charge in [-0.25, -0.2) is 0 Å². The van der Waals surface area contributed by atoms with Crippen LogP contribution >= 0.6 is 0 Å². The number of anilines is 1. The van der Waals surface area contributed by atoms with Crippen LogP contribution in [-0.2, 0) is 11.2 Å². The van der Waals surface area contributed by atoms with Gasteiger partial charge in [0.05, 0.1) is 32.0 Å². The number of carbonyl (C=O) groups excluding carboxylic acids is 1. The highest BCUT2D eigenvalue weighted by Gasteiger charge is 2.19. The van der Waals surface area contributed by atoms with Gasteiger partial charge in [-0.05, 0) is 30.7 Å². The van der Waals surface area contributed by atoms with Gasteiger partial charge in [-0.2, -0.15) is 5.10 Å². The molecule has 0 aliphatic heterocycles. The zero-order valence-electron chi connectivity index (χ0n) is 15.0. The standard InChI is InChI=1S/C20H21N3O3/c1-13-19(21-18(24)11-14-7-5-4-6-8-14)20(23-22-13)16-12-15(25-2)9-10-17(16)26-3/h4-10,12H,11H2,1-3H3,(H,21,24)(H,22,23). The molecule has 26 heavy (non-hydrogen) atoms. The summed E-state index contributed by atoms with van der Waals surface area (Å²) in [5, 5.41) is 10.3. The van der Waals surface area contributed by atoms with Crippen LogP contribution in [-0.4, -0.2) is 30.3 Å². The largest absolute Gasteiger partial charge is 0.497 e. The lowest BCUT2D eigenvalue weighted by Gasteiger charge is -2.11. The number of benzene rings is 2. The minimum absolute atomic E-state index is 0.108. The van der Waals surface area contributed by atoms with Gasteiger partial charge in [0.1, 0.15) is 17.2 Å². The highest BCUT2D eigenvalue weighted by Crippen LogP contribution is 2.37. The van der Waals surface area contributed by atoms with Crippen molar-refractivity contribution in [1.29, 1.82) is 0 Å². The number of hydrogen-bond donors (Lipinski definition) is 2. The summed E-state index contributed by atoms with van der Waals surface area (Å²) in [7, 11) is 3.20. The Bertz CT molecular complexity index is 904. The quantitative estimate of drug-likeness (QED) is 0.712. The molecular weight excluding hydrogens is 330 g/mol. The molecule has 0 aliphatic rings. The average molecular weight is 351 g/mol. The predicted octanol–water partition coefficient (Wildman–Crippen LogP) is 3.58. The van der Waals surface area contributed by atoms with Crippen LogP contribution in [0.5, 0.6) is 11.5 Å². The predicted molar refractivity (Wildman–Crippen MR) is 101 cm³/mol. The maximum absolute atomic E-state index is 12.5. The highest BCUT2D eigenvalue weighted by atomic mass is 16.5. The first-order valence-corrected chi connectivity index (χ1v) is 8.23. The van der Waals surface area contributed by atoms with E-state index in [9.17, 15) is 4.79 Å². The Hall–Kier alpha value is -3.28. The van der Waals surface area contributed by atoms with Crippen LogP contribution in [0.2, 0.25) is 0 Å². The maximum Gasteiger partial charge on any atom is 0.228 e. The smallest absolute Gasteiger partial charge is 0.228 e. The summed E-state index contributed by atoms with van der Waals surface area (Å²) in [6, 6.07) is 15.1. The first-order valence-electron chi connectivity index (χ1n) is 8.23. The third-order valence-electron chi connectivity index (χ3n) is 4.08. The monoisotopic (exact) mass is 351 g/mol. The molecule has 0 aliphatic carbocycles. The fourth-order valence-corrected chi connectivity index (χ4v) is 2.74. The van der Waals surface area contributed by atoms with E-state index in [2.05, 4.69) is 15.5 Å². The molecule has 0 radical (unpaired) electrons. The number of aromatic nitrogens is 2. The van der Waals surface area contributed by atoms with Crippen molar-refractivity contribution in [2.75, 3.05) is 19.5 Å². The lowest BCUT2D eigenvalue weighted by atomic mass is 10.1. The Labute approximate surface area is 152 Å². The number of hydrogen-bond acceptors (Lipinski definition) is 4. The molecule has 3 aromatic rings. The molecular formula is C20H21N3O3. The van der Waals surface area contributed by atoms with E-state index in [0.717, 1.165) is 16.8 Å². The fraction of sp³-hybridized carbons (Fsp3) is 0.200. The Morgan fingerprint density at radius 3 is 2.58 bits per heavy atom. The zero-order chi connectivity index (χ0) is 18.5. The number of aryl methyl sites for hydroxylation is 1. The van der Waals surface area contributed by atoms with Crippen molar-refractivity contribution in [3.63, 3.8) is 0 Å². The SMILES string of the molecule is COc1ccc(OC)c(-c2n[nH]c(C)c2NC(=O)Cc2ccccc2)c1. The van der Waals surface area contributed by atoms with Gasteiger partial charge in [0.15, 0.2) is 0 Å². The molecule has 0 atom stereocenters. The van der Waals surface area contributed by atoms with Gasteiger partial charge in [0.25, 0.3) is 0 Å². The molecule has 1 heterocycles. The van der Waals surface area contributed by atoms with Crippen LogP contribution in [0.1, 0.15) is 11.3 Å². The van der Waals surface area contributed by atoms with E-state index in [0.29, 0.717) is 29.3 Å². The van der Waals surface area contributed by atoms with Gasteiger partial charge >= 0.3 is 0 Å². The topological polar surface area (TPSA) is 76.2 Å². The van der Waals surface area contributed by atoms with Crippen molar-refractivity contribution in [2.24, 2.45) is 0 Å². The number of nitrogens with zero attached hydrogens (tertiary/aromatic N) is 1. The normalized spacial score (nSPS) is 10.4. The molecule has 2 N–H and O–H groups in total. The van der Waals surface area contributed by atoms with Gasteiger partial charge in [-0.1, -0.05) is 30.3 Å². The Morgan fingerprint density at radius 2 is 1.88 bits per heavy atom. The van der Waals surface area contributed by atoms with Crippen molar-refractivity contribution in [3.05, 3.63) is 59.8 Å². The summed E-state index contributed by atoms with van der Waals surface area (Å²) < 4.78 is 10.7. The van der Waals surface area contributed by atoms with Crippen LogP contribution in [0.4, 0.5) is 5.69 Å². The molecule has 1 amide bonds. The second kappa shape index (κ2) is 7.74. The van der Waals surface area contributed by atoms with Crippen molar-refractivity contribution in [2.45, 2.75) is 13.3 Å². The van der Waals surface area contributed by atoms with Crippen molar-refractivity contribution in [1.82, 2.24) is 10.2 Å². The van der Waals surface area contributed by atoms with Gasteiger partial charge in [0, 0.05) is 5.56 Å². The summed E-state index contributed by atoms with van der Waals surface area (Å²) in [4.78, 5) is 12.5. The van der Waals surface area contributed by atoms with Crippen LogP contribution in [0, 0.1) is 6.92 Å². The molecule has 0 saturated carbocycles. The molecule has 0 unspecified atom stereocenters. The minimum Gasteiger partial charge on any atom is -0.497 e. The summed E-state index contributed by atoms with van der Waals surface area (Å²) >= 11 is 0. The van der Waals surface area contributed by atoms with Crippen LogP contribution < -0.4 is 14.8 Å². The van der Waals surface area contributed by atoms with Crippen molar-refractivity contribution < 1.29 is 14.3 Å². The molecule has 6 heteroatoms. The molecule has 0 bridgehead atoms. The molecule has 134 valence electrons. The first kappa shape index (κ1) is 17.5. The van der Waals surface area contributed by atoms with Gasteiger partial charge in [0.2, 0.25) is 5.91 Å². The second-order valence-corrected chi connectivity index (χ2v) is 5.85. The Balaban J connectivity index is 1.91. The maximum atomic E-state index is 12.5. The Morgan fingerprint density at radius 1 is 1.12 bits per heavy atom. The number of amides is 1. The molecule has 0 fully saturated rings. The first-order chi connectivity index (χ1) is 12.6. The number of nitrogens with one attached hydrogen (secondary N) is 2. The number of rotatable bonds is 6. The van der Waals surface area contributed by atoms with E-state index in [1.54, 1.807) is 14.2 Å². The lowest BCUT2D eigenvalue weighted by molar-refractivity contribution is -0.115. The summed E-state index contributed by atoms with van der Waals surface area (Å²) in [6.07, 6.45) is 0.292. The average Bonchev–Trinajstić information content (AvgIpc) is 3.02. The summed E-state index contributed by atoms with van der Waals surface area (Å²) in [6.45, 7) is 1.86. The van der Waals surface area contributed by atoms with E-state index >= 15 is 0 Å². The third kappa shape index (κ3) is 3.69. The molecule has 6 nitrogen and oxygen atoms in total. The van der Waals surface area contributed by atoms with E-state index in [1.165, 1.54) is 0 Å². The van der Waals surface area contributed by atoms with Gasteiger partial charge < -0.3 is 14.8 Å². The summed E-state index contributed by atoms with van der Waals surface area (Å²) in [5.41, 5.74) is 3.71. The fourth-order valence-electron chi connectivity index (χ4n) is 2.74. The number of ether oxygens (including phenoxy) is 2. The second-order valence-electron chi connectivity index (χ2n) is 5.85. The molecule has 2 aromatic carbocycles. The molecule has 3 rings (SSSR count).